The average Bonchev–Trinajstić information content (AvgIpc) is 3.44. The maximum atomic E-state index is 14.0. The molecule has 1 saturated carbocycles. The summed E-state index contributed by atoms with van der Waals surface area (Å²) in [5.41, 5.74) is 0. The van der Waals surface area contributed by atoms with Crippen molar-refractivity contribution in [1.82, 2.24) is 20.7 Å². The van der Waals surface area contributed by atoms with E-state index in [-0.39, 0.29) is 12.5 Å². The van der Waals surface area contributed by atoms with Gasteiger partial charge in [-0.05, 0) is 39.5 Å². The number of hydrogen-bond acceptors (Lipinski definition) is 9. The largest absolute Gasteiger partial charge is 0.450 e. The number of thiazole rings is 1. The van der Waals surface area contributed by atoms with E-state index in [0.29, 0.717) is 54.1 Å². The van der Waals surface area contributed by atoms with Crippen LogP contribution in [0.4, 0.5) is 9.93 Å². The van der Waals surface area contributed by atoms with E-state index in [0.717, 1.165) is 25.7 Å². The van der Waals surface area contributed by atoms with Gasteiger partial charge in [-0.25, -0.2) is 14.8 Å². The first kappa shape index (κ1) is 33.8. The Bertz CT molecular complexity index is 927. The van der Waals surface area contributed by atoms with Crippen molar-refractivity contribution in [3.8, 4) is 0 Å². The molecule has 0 aromatic carbocycles. The Morgan fingerprint density at radius 3 is 2.58 bits per heavy atom. The number of amides is 4. The summed E-state index contributed by atoms with van der Waals surface area (Å²) < 4.78 is 4.11. The van der Waals surface area contributed by atoms with Crippen LogP contribution in [-0.2, 0) is 19.1 Å². The molecule has 0 radical (unpaired) electrons. The molecule has 1 heterocycles. The molecule has 0 aliphatic heterocycles. The van der Waals surface area contributed by atoms with Crippen LogP contribution < -0.4 is 16.0 Å². The molecule has 1 aliphatic carbocycles. The van der Waals surface area contributed by atoms with E-state index in [2.05, 4.69) is 20.9 Å². The molecule has 0 unspecified atom stereocenters. The summed E-state index contributed by atoms with van der Waals surface area (Å²) in [6, 6.07) is -1.66. The molecule has 0 saturated heterocycles. The fourth-order valence-corrected chi connectivity index (χ4v) is 6.71. The summed E-state index contributed by atoms with van der Waals surface area (Å²) in [6.07, 6.45) is 8.43. The Labute approximate surface area is 245 Å². The van der Waals surface area contributed by atoms with Crippen molar-refractivity contribution < 1.29 is 29.1 Å². The predicted molar refractivity (Wildman–Crippen MR) is 157 cm³/mol. The Balaban J connectivity index is 2.27. The SMILES string of the molecule is CCC[C@@H]([C@@H](CC1CCCCC1)C(=O)N[C@H](C(=O)Nc1nccs1)C(C)(C)SCCNC(=O)OCC)N(O)C=O. The number of ether oxygens (including phenoxy) is 1. The molecule has 1 aromatic heterocycles. The second-order valence-electron chi connectivity index (χ2n) is 10.6. The summed E-state index contributed by atoms with van der Waals surface area (Å²) in [5, 5.41) is 21.7. The maximum absolute atomic E-state index is 14.0. The van der Waals surface area contributed by atoms with Crippen LogP contribution in [-0.4, -0.2) is 75.3 Å². The molecule has 1 aliphatic rings. The van der Waals surface area contributed by atoms with E-state index in [1.165, 1.54) is 29.5 Å². The zero-order chi connectivity index (χ0) is 29.5. The number of carbonyl (C=O) groups is 4. The minimum absolute atomic E-state index is 0.270. The second-order valence-corrected chi connectivity index (χ2v) is 13.2. The highest BCUT2D eigenvalue weighted by atomic mass is 32.2. The number of rotatable bonds is 17. The molecule has 1 fully saturated rings. The van der Waals surface area contributed by atoms with E-state index >= 15 is 0 Å². The molecule has 2 rings (SSSR count). The lowest BCUT2D eigenvalue weighted by molar-refractivity contribution is -0.170. The molecule has 13 heteroatoms. The van der Waals surface area contributed by atoms with Gasteiger partial charge in [-0.1, -0.05) is 45.4 Å². The molecule has 40 heavy (non-hydrogen) atoms. The van der Waals surface area contributed by atoms with Crippen LogP contribution in [0.3, 0.4) is 0 Å². The summed E-state index contributed by atoms with van der Waals surface area (Å²) in [5.74, 6) is -0.689. The monoisotopic (exact) mass is 599 g/mol. The molecule has 0 bridgehead atoms. The van der Waals surface area contributed by atoms with E-state index in [1.54, 1.807) is 18.5 Å². The highest BCUT2D eigenvalue weighted by molar-refractivity contribution is 8.00. The van der Waals surface area contributed by atoms with Gasteiger partial charge in [0.15, 0.2) is 5.13 Å². The predicted octanol–water partition coefficient (Wildman–Crippen LogP) is 4.43. The van der Waals surface area contributed by atoms with Gasteiger partial charge in [-0.3, -0.25) is 19.6 Å². The van der Waals surface area contributed by atoms with Gasteiger partial charge in [0, 0.05) is 28.6 Å². The standard InChI is InChI=1S/C27H45N5O6S2/c1-5-10-21(32(37)18-33)20(17-19-11-8-7-9-12-19)23(34)30-22(24(35)31-25-28-13-15-39-25)27(3,4)40-16-14-29-26(36)38-6-2/h13,15,18-22,37H,5-12,14,16-17H2,1-4H3,(H,29,36)(H,30,34)(H,28,31,35)/t20-,21+,22-/m1/s1. The van der Waals surface area contributed by atoms with Crippen molar-refractivity contribution in [3.63, 3.8) is 0 Å². The minimum Gasteiger partial charge on any atom is -0.450 e. The highest BCUT2D eigenvalue weighted by Crippen LogP contribution is 2.34. The molecular weight excluding hydrogens is 554 g/mol. The quantitative estimate of drug-likeness (QED) is 0.0889. The van der Waals surface area contributed by atoms with Crippen molar-refractivity contribution >= 4 is 52.5 Å². The highest BCUT2D eigenvalue weighted by Gasteiger charge is 2.41. The Morgan fingerprint density at radius 2 is 1.98 bits per heavy atom. The van der Waals surface area contributed by atoms with Crippen LogP contribution in [0.2, 0.25) is 0 Å². The number of thioether (sulfide) groups is 1. The van der Waals surface area contributed by atoms with Crippen LogP contribution in [0.1, 0.15) is 79.1 Å². The third kappa shape index (κ3) is 10.9. The molecule has 0 spiro atoms. The van der Waals surface area contributed by atoms with Crippen LogP contribution in [0.5, 0.6) is 0 Å². The zero-order valence-electron chi connectivity index (χ0n) is 24.0. The number of nitrogens with one attached hydrogen (secondary N) is 3. The van der Waals surface area contributed by atoms with E-state index in [4.69, 9.17) is 4.74 Å². The van der Waals surface area contributed by atoms with Gasteiger partial charge in [0.25, 0.3) is 0 Å². The number of carbonyl (C=O) groups excluding carboxylic acids is 4. The smallest absolute Gasteiger partial charge is 0.407 e. The third-order valence-electron chi connectivity index (χ3n) is 7.17. The summed E-state index contributed by atoms with van der Waals surface area (Å²) in [4.78, 5) is 54.9. The average molecular weight is 600 g/mol. The van der Waals surface area contributed by atoms with Gasteiger partial charge >= 0.3 is 6.09 Å². The Hall–Kier alpha value is -2.38. The van der Waals surface area contributed by atoms with Crippen LogP contribution in [0, 0.1) is 11.8 Å². The number of nitrogens with zero attached hydrogens (tertiary/aromatic N) is 2. The molecule has 1 aromatic rings. The zero-order valence-corrected chi connectivity index (χ0v) is 25.7. The normalized spacial score (nSPS) is 16.3. The Morgan fingerprint density at radius 1 is 1.25 bits per heavy atom. The van der Waals surface area contributed by atoms with Crippen LogP contribution in [0.25, 0.3) is 0 Å². The summed E-state index contributed by atoms with van der Waals surface area (Å²) in [6.45, 7) is 7.98. The summed E-state index contributed by atoms with van der Waals surface area (Å²) in [7, 11) is 0. The van der Waals surface area contributed by atoms with Crippen molar-refractivity contribution in [1.29, 1.82) is 0 Å². The number of alkyl carbamates (subject to hydrolysis) is 1. The van der Waals surface area contributed by atoms with Gasteiger partial charge in [-0.15, -0.1) is 11.3 Å². The molecule has 3 atom stereocenters. The molecule has 226 valence electrons. The van der Waals surface area contributed by atoms with Crippen LogP contribution >= 0.6 is 23.1 Å². The number of aromatic nitrogens is 1. The van der Waals surface area contributed by atoms with Crippen molar-refractivity contribution in [2.75, 3.05) is 24.2 Å². The molecule has 4 N–H and O–H groups in total. The number of anilines is 1. The fraction of sp³-hybridized carbons (Fsp3) is 0.741. The summed E-state index contributed by atoms with van der Waals surface area (Å²) >= 11 is 2.70. The number of hydroxylamine groups is 2. The van der Waals surface area contributed by atoms with E-state index in [1.807, 2.05) is 20.8 Å². The van der Waals surface area contributed by atoms with Gasteiger partial charge in [0.2, 0.25) is 18.2 Å². The first-order valence-electron chi connectivity index (χ1n) is 14.1. The lowest BCUT2D eigenvalue weighted by Gasteiger charge is -2.37. The molecule has 11 nitrogen and oxygen atoms in total. The van der Waals surface area contributed by atoms with Crippen molar-refractivity contribution in [2.45, 2.75) is 95.9 Å². The van der Waals surface area contributed by atoms with Crippen molar-refractivity contribution in [3.05, 3.63) is 11.6 Å². The molecule has 4 amide bonds. The van der Waals surface area contributed by atoms with Gasteiger partial charge in [-0.2, -0.15) is 11.8 Å². The number of hydrogen-bond donors (Lipinski definition) is 4. The second kappa shape index (κ2) is 17.4. The first-order valence-corrected chi connectivity index (χ1v) is 16.0. The maximum Gasteiger partial charge on any atom is 0.407 e. The topological polar surface area (TPSA) is 150 Å². The first-order chi connectivity index (χ1) is 19.1. The third-order valence-corrected chi connectivity index (χ3v) is 9.25. The lowest BCUT2D eigenvalue weighted by Crippen LogP contribution is -2.58. The van der Waals surface area contributed by atoms with Crippen molar-refractivity contribution in [2.24, 2.45) is 11.8 Å². The fourth-order valence-electron chi connectivity index (χ4n) is 5.11. The van der Waals surface area contributed by atoms with Gasteiger partial charge in [0.05, 0.1) is 18.6 Å². The molecular formula is C27H45N5O6S2. The van der Waals surface area contributed by atoms with E-state index < -0.39 is 34.7 Å². The van der Waals surface area contributed by atoms with Crippen LogP contribution in [0.15, 0.2) is 11.6 Å². The minimum atomic E-state index is -0.962. The van der Waals surface area contributed by atoms with Gasteiger partial charge in [0.1, 0.15) is 6.04 Å². The van der Waals surface area contributed by atoms with E-state index in [9.17, 15) is 24.4 Å². The van der Waals surface area contributed by atoms with Gasteiger partial charge < -0.3 is 20.7 Å². The Kier molecular flexibility index (Phi) is 14.7. The lowest BCUT2D eigenvalue weighted by atomic mass is 9.79.